The Morgan fingerprint density at radius 2 is 2.19 bits per heavy atom. The van der Waals surface area contributed by atoms with Gasteiger partial charge in [-0.1, -0.05) is 19.1 Å². The number of nitrogens with one attached hydrogen (secondary N) is 2. The molecule has 1 amide bonds. The molecule has 6 nitrogen and oxygen atoms in total. The van der Waals surface area contributed by atoms with Gasteiger partial charge in [-0.3, -0.25) is 9.79 Å². The highest BCUT2D eigenvalue weighted by molar-refractivity contribution is 5.80. The fourth-order valence-electron chi connectivity index (χ4n) is 2.81. The second-order valence-electron chi connectivity index (χ2n) is 6.30. The third-order valence-corrected chi connectivity index (χ3v) is 4.17. The topological polar surface area (TPSA) is 66.0 Å². The van der Waals surface area contributed by atoms with Crippen molar-refractivity contribution in [3.8, 4) is 5.75 Å². The summed E-state index contributed by atoms with van der Waals surface area (Å²) in [5, 5.41) is 6.40. The summed E-state index contributed by atoms with van der Waals surface area (Å²) < 4.78 is 41.5. The summed E-state index contributed by atoms with van der Waals surface area (Å²) >= 11 is 0. The highest BCUT2D eigenvalue weighted by atomic mass is 19.4. The number of hydrogen-bond acceptors (Lipinski definition) is 3. The smallest absolute Gasteiger partial charge is 0.422 e. The second-order valence-corrected chi connectivity index (χ2v) is 6.30. The highest BCUT2D eigenvalue weighted by Gasteiger charge is 2.28. The molecule has 1 heterocycles. The lowest BCUT2D eigenvalue weighted by Gasteiger charge is -2.19. The number of carbonyl (C=O) groups is 1. The van der Waals surface area contributed by atoms with Crippen LogP contribution in [0.5, 0.6) is 5.75 Å². The van der Waals surface area contributed by atoms with Gasteiger partial charge in [0.05, 0.1) is 0 Å². The van der Waals surface area contributed by atoms with E-state index in [9.17, 15) is 18.0 Å². The zero-order valence-corrected chi connectivity index (χ0v) is 15.5. The van der Waals surface area contributed by atoms with Crippen molar-refractivity contribution >= 4 is 11.9 Å². The van der Waals surface area contributed by atoms with E-state index in [4.69, 9.17) is 4.74 Å². The second kappa shape index (κ2) is 9.48. The summed E-state index contributed by atoms with van der Waals surface area (Å²) in [6, 6.07) is 6.60. The standard InChI is InChI=1S/C18H25F3N4O2/c1-3-16(26)25-8-7-14(11-25)24-17(22-2)23-10-13-5-4-6-15(9-13)27-12-18(19,20)21/h4-6,9,14H,3,7-8,10-12H2,1-2H3,(H2,22,23,24). The van der Waals surface area contributed by atoms with E-state index in [-0.39, 0.29) is 17.7 Å². The summed E-state index contributed by atoms with van der Waals surface area (Å²) in [6.07, 6.45) is -3.03. The largest absolute Gasteiger partial charge is 0.484 e. The van der Waals surface area contributed by atoms with Gasteiger partial charge >= 0.3 is 6.18 Å². The molecule has 0 spiro atoms. The highest BCUT2D eigenvalue weighted by Crippen LogP contribution is 2.19. The molecule has 0 saturated carbocycles. The number of carbonyl (C=O) groups excluding carboxylic acids is 1. The van der Waals surface area contributed by atoms with Crippen LogP contribution in [0, 0.1) is 0 Å². The minimum absolute atomic E-state index is 0.119. The molecule has 1 aliphatic rings. The number of nitrogens with zero attached hydrogens (tertiary/aromatic N) is 2. The van der Waals surface area contributed by atoms with Gasteiger partial charge in [0, 0.05) is 39.1 Å². The molecule has 0 aliphatic carbocycles. The Morgan fingerprint density at radius 3 is 2.85 bits per heavy atom. The number of benzene rings is 1. The summed E-state index contributed by atoms with van der Waals surface area (Å²) in [4.78, 5) is 17.7. The van der Waals surface area contributed by atoms with Gasteiger partial charge in [0.1, 0.15) is 5.75 Å². The van der Waals surface area contributed by atoms with Crippen LogP contribution in [0.25, 0.3) is 0 Å². The monoisotopic (exact) mass is 386 g/mol. The number of hydrogen-bond donors (Lipinski definition) is 2. The molecule has 0 bridgehead atoms. The molecule has 1 unspecified atom stereocenters. The number of aliphatic imine (C=N–C) groups is 1. The molecule has 1 aromatic rings. The van der Waals surface area contributed by atoms with Crippen molar-refractivity contribution in [2.45, 2.75) is 38.5 Å². The van der Waals surface area contributed by atoms with Crippen molar-refractivity contribution in [2.75, 3.05) is 26.7 Å². The Labute approximate surface area is 156 Å². The molecular formula is C18H25F3N4O2. The van der Waals surface area contributed by atoms with Crippen LogP contribution in [0.4, 0.5) is 13.2 Å². The number of alkyl halides is 3. The van der Waals surface area contributed by atoms with E-state index >= 15 is 0 Å². The molecule has 150 valence electrons. The summed E-state index contributed by atoms with van der Waals surface area (Å²) in [6.45, 7) is 2.26. The molecule has 27 heavy (non-hydrogen) atoms. The first-order valence-corrected chi connectivity index (χ1v) is 8.84. The lowest BCUT2D eigenvalue weighted by Crippen LogP contribution is -2.44. The number of halogens is 3. The van der Waals surface area contributed by atoms with Crippen molar-refractivity contribution in [1.29, 1.82) is 0 Å². The molecule has 0 aromatic heterocycles. The average molecular weight is 386 g/mol. The zero-order chi connectivity index (χ0) is 19.9. The van der Waals surface area contributed by atoms with Crippen LogP contribution >= 0.6 is 0 Å². The van der Waals surface area contributed by atoms with Gasteiger partial charge < -0.3 is 20.3 Å². The van der Waals surface area contributed by atoms with Crippen LogP contribution in [0.3, 0.4) is 0 Å². The van der Waals surface area contributed by atoms with E-state index in [1.165, 1.54) is 6.07 Å². The van der Waals surface area contributed by atoms with Crippen LogP contribution < -0.4 is 15.4 Å². The van der Waals surface area contributed by atoms with Crippen molar-refractivity contribution in [3.63, 3.8) is 0 Å². The molecule has 1 fully saturated rings. The van der Waals surface area contributed by atoms with E-state index in [1.807, 2.05) is 11.8 Å². The molecular weight excluding hydrogens is 361 g/mol. The fraction of sp³-hybridized carbons (Fsp3) is 0.556. The fourth-order valence-corrected chi connectivity index (χ4v) is 2.81. The number of likely N-dealkylation sites (tertiary alicyclic amines) is 1. The van der Waals surface area contributed by atoms with E-state index in [0.717, 1.165) is 18.5 Å². The normalized spacial score (nSPS) is 17.7. The van der Waals surface area contributed by atoms with Crippen molar-refractivity contribution in [1.82, 2.24) is 15.5 Å². The predicted octanol–water partition coefficient (Wildman–Crippen LogP) is 2.30. The lowest BCUT2D eigenvalue weighted by molar-refractivity contribution is -0.153. The minimum atomic E-state index is -4.37. The van der Waals surface area contributed by atoms with Crippen molar-refractivity contribution in [2.24, 2.45) is 4.99 Å². The maximum Gasteiger partial charge on any atom is 0.422 e. The van der Waals surface area contributed by atoms with Gasteiger partial charge in [0.2, 0.25) is 5.91 Å². The van der Waals surface area contributed by atoms with Crippen molar-refractivity contribution < 1.29 is 22.7 Å². The number of guanidine groups is 1. The molecule has 2 rings (SSSR count). The van der Waals surface area contributed by atoms with Crippen LogP contribution in [-0.2, 0) is 11.3 Å². The molecule has 0 radical (unpaired) electrons. The predicted molar refractivity (Wildman–Crippen MR) is 96.6 cm³/mol. The van der Waals surface area contributed by atoms with Crippen LogP contribution in [-0.4, -0.2) is 55.7 Å². The average Bonchev–Trinajstić information content (AvgIpc) is 3.11. The third-order valence-electron chi connectivity index (χ3n) is 4.17. The lowest BCUT2D eigenvalue weighted by atomic mass is 10.2. The Bertz CT molecular complexity index is 664. The van der Waals surface area contributed by atoms with Crippen LogP contribution in [0.1, 0.15) is 25.3 Å². The Hall–Kier alpha value is -2.45. The minimum Gasteiger partial charge on any atom is -0.484 e. The molecule has 1 aromatic carbocycles. The summed E-state index contributed by atoms with van der Waals surface area (Å²) in [7, 11) is 1.64. The van der Waals surface area contributed by atoms with Crippen LogP contribution in [0.2, 0.25) is 0 Å². The molecule has 2 N–H and O–H groups in total. The number of amides is 1. The van der Waals surface area contributed by atoms with Gasteiger partial charge in [0.15, 0.2) is 12.6 Å². The first kappa shape index (κ1) is 20.9. The number of rotatable bonds is 6. The number of ether oxygens (including phenoxy) is 1. The van der Waals surface area contributed by atoms with Crippen LogP contribution in [0.15, 0.2) is 29.3 Å². The Kier molecular flexibility index (Phi) is 7.32. The van der Waals surface area contributed by atoms with E-state index in [0.29, 0.717) is 25.5 Å². The maximum atomic E-state index is 12.2. The molecule has 1 atom stereocenters. The van der Waals surface area contributed by atoms with Crippen molar-refractivity contribution in [3.05, 3.63) is 29.8 Å². The third kappa shape index (κ3) is 6.99. The van der Waals surface area contributed by atoms with E-state index in [1.54, 1.807) is 25.2 Å². The maximum absolute atomic E-state index is 12.2. The molecule has 9 heteroatoms. The zero-order valence-electron chi connectivity index (χ0n) is 15.5. The van der Waals surface area contributed by atoms with E-state index < -0.39 is 12.8 Å². The molecule has 1 saturated heterocycles. The van der Waals surface area contributed by atoms with Gasteiger partial charge in [0.25, 0.3) is 0 Å². The summed E-state index contributed by atoms with van der Waals surface area (Å²) in [5.74, 6) is 0.879. The SMILES string of the molecule is CCC(=O)N1CCC(NC(=NC)NCc2cccc(OCC(F)(F)F)c2)C1. The van der Waals surface area contributed by atoms with Gasteiger partial charge in [-0.15, -0.1) is 0 Å². The first-order valence-electron chi connectivity index (χ1n) is 8.84. The van der Waals surface area contributed by atoms with Gasteiger partial charge in [-0.25, -0.2) is 0 Å². The molecule has 1 aliphatic heterocycles. The quantitative estimate of drug-likeness (QED) is 0.582. The van der Waals surface area contributed by atoms with E-state index in [2.05, 4.69) is 15.6 Å². The van der Waals surface area contributed by atoms with Gasteiger partial charge in [-0.05, 0) is 24.1 Å². The summed E-state index contributed by atoms with van der Waals surface area (Å²) in [5.41, 5.74) is 0.770. The first-order chi connectivity index (χ1) is 12.8. The van der Waals surface area contributed by atoms with Gasteiger partial charge in [-0.2, -0.15) is 13.2 Å². The Morgan fingerprint density at radius 1 is 1.41 bits per heavy atom. The Balaban J connectivity index is 1.83.